The number of nitrogens with two attached hydrogens (primary N) is 1. The van der Waals surface area contributed by atoms with E-state index in [0.717, 1.165) is 37.2 Å². The van der Waals surface area contributed by atoms with Crippen molar-refractivity contribution in [3.05, 3.63) is 11.8 Å². The molecule has 148 valence electrons. The first-order valence-corrected chi connectivity index (χ1v) is 10.5. The zero-order valence-electron chi connectivity index (χ0n) is 14.5. The third kappa shape index (κ3) is 2.82. The highest BCUT2D eigenvalue weighted by molar-refractivity contribution is 7.80. The number of aromatic nitrogens is 2. The van der Waals surface area contributed by atoms with E-state index in [0.29, 0.717) is 24.7 Å². The quantitative estimate of drug-likeness (QED) is 0.698. The van der Waals surface area contributed by atoms with Crippen molar-refractivity contribution in [3.8, 4) is 0 Å². The van der Waals surface area contributed by atoms with Crippen LogP contribution in [-0.2, 0) is 14.7 Å². The summed E-state index contributed by atoms with van der Waals surface area (Å²) in [5.41, 5.74) is 5.71. The number of carbonyl (C=O) groups excluding carboxylic acids is 1. The van der Waals surface area contributed by atoms with Crippen LogP contribution in [0.4, 0.5) is 4.79 Å². The van der Waals surface area contributed by atoms with E-state index < -0.39 is 28.5 Å². The van der Waals surface area contributed by atoms with Gasteiger partial charge in [-0.1, -0.05) is 0 Å². The smallest absolute Gasteiger partial charge is 0.418 e. The van der Waals surface area contributed by atoms with Gasteiger partial charge in [0, 0.05) is 18.5 Å². The molecule has 2 saturated carbocycles. The third-order valence-corrected chi connectivity index (χ3v) is 6.75. The van der Waals surface area contributed by atoms with Crippen molar-refractivity contribution in [3.63, 3.8) is 0 Å². The molecule has 0 radical (unpaired) electrons. The molecule has 4 atom stereocenters. The zero-order valence-corrected chi connectivity index (χ0v) is 15.3. The van der Waals surface area contributed by atoms with E-state index in [1.165, 1.54) is 4.90 Å². The lowest BCUT2D eigenvalue weighted by molar-refractivity contribution is -0.0530. The fraction of sp³-hybridized carbons (Fsp3) is 0.800. The van der Waals surface area contributed by atoms with Crippen molar-refractivity contribution in [1.29, 1.82) is 0 Å². The number of hydroxylamine groups is 2. The Labute approximate surface area is 155 Å². The molecular formula is C15H21N5O6S. The Hall–Kier alpha value is -1.76. The standard InChI is InChI=1S/C15H21N5O6S/c16-9-2-1-8(5-9)12-17-18-13(25-12)10-6-15(3-4-15)11-7-19(10)14(21)20(11)26-27(22,23)24/h8-11H,1-7,16H2,(H,22,23,24)/t8-,9+,10-,11-/m0/s1. The second-order valence-electron chi connectivity index (χ2n) is 8.11. The predicted octanol–water partition coefficient (Wildman–Crippen LogP) is 0.730. The van der Waals surface area contributed by atoms with Gasteiger partial charge >= 0.3 is 16.4 Å². The van der Waals surface area contributed by atoms with Crippen LogP contribution in [0.5, 0.6) is 0 Å². The number of rotatable bonds is 4. The Morgan fingerprint density at radius 3 is 2.63 bits per heavy atom. The van der Waals surface area contributed by atoms with Gasteiger partial charge in [-0.15, -0.1) is 14.5 Å². The van der Waals surface area contributed by atoms with Crippen LogP contribution in [0, 0.1) is 5.41 Å². The van der Waals surface area contributed by atoms with Gasteiger partial charge in [-0.2, -0.15) is 13.5 Å². The Balaban J connectivity index is 1.42. The van der Waals surface area contributed by atoms with Crippen molar-refractivity contribution in [1.82, 2.24) is 20.2 Å². The average molecular weight is 399 g/mol. The molecule has 4 fully saturated rings. The number of urea groups is 1. The summed E-state index contributed by atoms with van der Waals surface area (Å²) in [6.07, 6.45) is 4.91. The molecule has 27 heavy (non-hydrogen) atoms. The van der Waals surface area contributed by atoms with Crippen molar-refractivity contribution in [2.24, 2.45) is 11.1 Å². The van der Waals surface area contributed by atoms with Crippen LogP contribution in [0.2, 0.25) is 0 Å². The van der Waals surface area contributed by atoms with Crippen LogP contribution in [0.1, 0.15) is 62.3 Å². The lowest BCUT2D eigenvalue weighted by Gasteiger charge is -2.34. The number of hydrogen-bond acceptors (Lipinski definition) is 8. The van der Waals surface area contributed by atoms with Gasteiger partial charge in [0.15, 0.2) is 0 Å². The van der Waals surface area contributed by atoms with Gasteiger partial charge in [0.1, 0.15) is 6.04 Å². The maximum Gasteiger partial charge on any atom is 0.418 e. The van der Waals surface area contributed by atoms with Gasteiger partial charge in [0.25, 0.3) is 0 Å². The second kappa shape index (κ2) is 5.63. The first kappa shape index (κ1) is 17.3. The van der Waals surface area contributed by atoms with Gasteiger partial charge in [-0.25, -0.2) is 4.79 Å². The SMILES string of the molecule is N[C@@H]1CC[C@H](c2nnc([C@@H]3CC4(CC4)[C@@H]4CN3C(=O)N4OS(=O)(=O)O)o2)C1. The summed E-state index contributed by atoms with van der Waals surface area (Å²) in [6, 6.07) is -1.32. The number of nitrogens with zero attached hydrogens (tertiary/aromatic N) is 4. The highest BCUT2D eigenvalue weighted by atomic mass is 32.3. The topological polar surface area (TPSA) is 152 Å². The summed E-state index contributed by atoms with van der Waals surface area (Å²) in [7, 11) is -4.78. The van der Waals surface area contributed by atoms with Crippen molar-refractivity contribution >= 4 is 16.4 Å². The number of amides is 2. The Bertz CT molecular complexity index is 883. The highest BCUT2D eigenvalue weighted by Gasteiger charge is 2.65. The molecule has 2 amide bonds. The van der Waals surface area contributed by atoms with Crippen LogP contribution < -0.4 is 5.73 Å². The normalized spacial score (nSPS) is 34.7. The van der Waals surface area contributed by atoms with Gasteiger partial charge in [-0.3, -0.25) is 4.55 Å². The molecule has 0 aromatic carbocycles. The molecule has 4 aliphatic rings. The van der Waals surface area contributed by atoms with Crippen LogP contribution in [0.3, 0.4) is 0 Å². The van der Waals surface area contributed by atoms with E-state index >= 15 is 0 Å². The molecule has 1 aromatic heterocycles. The summed E-state index contributed by atoms with van der Waals surface area (Å²) in [4.78, 5) is 14.2. The van der Waals surface area contributed by atoms with E-state index in [4.69, 9.17) is 14.7 Å². The van der Waals surface area contributed by atoms with Gasteiger partial charge in [0.2, 0.25) is 11.8 Å². The fourth-order valence-electron chi connectivity index (χ4n) is 4.82. The molecule has 12 heteroatoms. The minimum atomic E-state index is -4.78. The molecule has 11 nitrogen and oxygen atoms in total. The summed E-state index contributed by atoms with van der Waals surface area (Å²) in [5.74, 6) is 1.04. The molecule has 2 aliphatic heterocycles. The molecule has 2 aliphatic carbocycles. The van der Waals surface area contributed by atoms with Crippen LogP contribution in [-0.4, -0.2) is 57.8 Å². The number of fused-ring (bicyclic) bond motifs is 3. The van der Waals surface area contributed by atoms with Gasteiger partial charge < -0.3 is 15.1 Å². The monoisotopic (exact) mass is 399 g/mol. The Kier molecular flexibility index (Phi) is 3.61. The summed E-state index contributed by atoms with van der Waals surface area (Å²) >= 11 is 0. The van der Waals surface area contributed by atoms with E-state index in [-0.39, 0.29) is 17.4 Å². The lowest BCUT2D eigenvalue weighted by atomic mass is 9.85. The summed E-state index contributed by atoms with van der Waals surface area (Å²) in [6.45, 7) is 0.297. The molecule has 2 bridgehead atoms. The number of piperidine rings is 1. The summed E-state index contributed by atoms with van der Waals surface area (Å²) in [5, 5.41) is 9.13. The van der Waals surface area contributed by atoms with E-state index in [2.05, 4.69) is 14.5 Å². The Morgan fingerprint density at radius 2 is 2.00 bits per heavy atom. The molecule has 3 heterocycles. The highest BCUT2D eigenvalue weighted by Crippen LogP contribution is 2.61. The molecular weight excluding hydrogens is 378 g/mol. The van der Waals surface area contributed by atoms with E-state index in [9.17, 15) is 13.2 Å². The van der Waals surface area contributed by atoms with Crippen molar-refractivity contribution in [2.45, 2.75) is 62.6 Å². The maximum atomic E-state index is 12.7. The lowest BCUT2D eigenvalue weighted by Crippen LogP contribution is -2.43. The largest absolute Gasteiger partial charge is 0.423 e. The first-order valence-electron chi connectivity index (χ1n) is 9.11. The molecule has 0 unspecified atom stereocenters. The summed E-state index contributed by atoms with van der Waals surface area (Å²) < 4.78 is 41.8. The average Bonchev–Trinajstić information content (AvgIpc) is 2.97. The van der Waals surface area contributed by atoms with Gasteiger partial charge in [-0.05, 0) is 43.9 Å². The first-order chi connectivity index (χ1) is 12.8. The third-order valence-electron chi connectivity index (χ3n) is 6.40. The van der Waals surface area contributed by atoms with E-state index in [1.807, 2.05) is 0 Å². The molecule has 1 aromatic rings. The Morgan fingerprint density at radius 1 is 1.26 bits per heavy atom. The number of carbonyl (C=O) groups is 1. The molecule has 3 N–H and O–H groups in total. The fourth-order valence-corrected chi connectivity index (χ4v) is 5.19. The van der Waals surface area contributed by atoms with Crippen molar-refractivity contribution in [2.75, 3.05) is 6.54 Å². The minimum Gasteiger partial charge on any atom is -0.423 e. The van der Waals surface area contributed by atoms with Crippen LogP contribution in [0.15, 0.2) is 4.42 Å². The van der Waals surface area contributed by atoms with Crippen molar-refractivity contribution < 1.29 is 26.5 Å². The van der Waals surface area contributed by atoms with Crippen LogP contribution in [0.25, 0.3) is 0 Å². The zero-order chi connectivity index (χ0) is 19.0. The molecule has 5 rings (SSSR count). The minimum absolute atomic E-state index is 0.140. The molecule has 2 saturated heterocycles. The molecule has 1 spiro atoms. The van der Waals surface area contributed by atoms with Crippen LogP contribution >= 0.6 is 0 Å². The maximum absolute atomic E-state index is 12.7. The number of hydrogen-bond donors (Lipinski definition) is 2. The van der Waals surface area contributed by atoms with Gasteiger partial charge in [0.05, 0.1) is 6.04 Å². The van der Waals surface area contributed by atoms with E-state index in [1.54, 1.807) is 0 Å². The second-order valence-corrected chi connectivity index (χ2v) is 9.11. The predicted molar refractivity (Wildman–Crippen MR) is 88.3 cm³/mol.